The molecule has 0 aliphatic rings. The predicted molar refractivity (Wildman–Crippen MR) is 96.4 cm³/mol. The molecule has 0 fully saturated rings. The Kier molecular flexibility index (Phi) is 4.19. The Balaban J connectivity index is 1.95. The van der Waals surface area contributed by atoms with Crippen LogP contribution in [0.5, 0.6) is 0 Å². The summed E-state index contributed by atoms with van der Waals surface area (Å²) in [6.45, 7) is 0. The van der Waals surface area contributed by atoms with Crippen LogP contribution in [0, 0.1) is 14.9 Å². The lowest BCUT2D eigenvalue weighted by Crippen LogP contribution is -2.13. The summed E-state index contributed by atoms with van der Waals surface area (Å²) in [7, 11) is -3.72. The highest BCUT2D eigenvalue weighted by Gasteiger charge is 2.14. The number of pyridine rings is 1. The maximum atomic E-state index is 12.4. The van der Waals surface area contributed by atoms with E-state index in [4.69, 9.17) is 5.26 Å². The van der Waals surface area contributed by atoms with Crippen LogP contribution in [0.1, 0.15) is 5.56 Å². The van der Waals surface area contributed by atoms with Crippen molar-refractivity contribution in [3.63, 3.8) is 0 Å². The molecule has 0 radical (unpaired) electrons. The summed E-state index contributed by atoms with van der Waals surface area (Å²) in [5.41, 5.74) is 1.63. The second-order valence-corrected chi connectivity index (χ2v) is 7.62. The zero-order valence-corrected chi connectivity index (χ0v) is 14.7. The predicted octanol–water partition coefficient (Wildman–Crippen LogP) is 3.51. The number of para-hydroxylation sites is 1. The Labute approximate surface area is 147 Å². The van der Waals surface area contributed by atoms with Crippen molar-refractivity contribution in [3.05, 3.63) is 63.9 Å². The summed E-state index contributed by atoms with van der Waals surface area (Å²) in [5, 5.41) is 9.62. The van der Waals surface area contributed by atoms with Gasteiger partial charge in [-0.05, 0) is 59.0 Å². The summed E-state index contributed by atoms with van der Waals surface area (Å²) in [6, 6.07) is 15.1. The number of fused-ring (bicyclic) bond motifs is 1. The first-order valence-corrected chi connectivity index (χ1v) is 9.13. The van der Waals surface area contributed by atoms with Crippen molar-refractivity contribution in [3.8, 4) is 6.07 Å². The molecule has 0 atom stereocenters. The van der Waals surface area contributed by atoms with E-state index in [1.54, 1.807) is 6.07 Å². The lowest BCUT2D eigenvalue weighted by molar-refractivity contribution is 0.601. The molecule has 7 heteroatoms. The number of anilines is 1. The number of rotatable bonds is 3. The number of benzene rings is 2. The quantitative estimate of drug-likeness (QED) is 0.639. The lowest BCUT2D eigenvalue weighted by Gasteiger charge is -2.09. The fraction of sp³-hybridized carbons (Fsp3) is 0. The van der Waals surface area contributed by atoms with Crippen LogP contribution in [0.3, 0.4) is 0 Å². The van der Waals surface area contributed by atoms with E-state index in [0.29, 0.717) is 11.3 Å². The molecule has 114 valence electrons. The first kappa shape index (κ1) is 15.7. The average Bonchev–Trinajstić information content (AvgIpc) is 2.54. The molecule has 1 aromatic heterocycles. The molecule has 0 bridgehead atoms. The zero-order valence-electron chi connectivity index (χ0n) is 11.7. The molecule has 2 aromatic carbocycles. The van der Waals surface area contributed by atoms with Crippen LogP contribution in [-0.4, -0.2) is 13.4 Å². The highest BCUT2D eigenvalue weighted by Crippen LogP contribution is 2.23. The van der Waals surface area contributed by atoms with E-state index in [-0.39, 0.29) is 4.90 Å². The van der Waals surface area contributed by atoms with Gasteiger partial charge < -0.3 is 0 Å². The third-order valence-corrected chi connectivity index (χ3v) is 5.48. The fourth-order valence-corrected chi connectivity index (χ4v) is 3.79. The number of nitriles is 1. The number of halogens is 1. The minimum Gasteiger partial charge on any atom is -0.278 e. The number of sulfonamides is 1. The third kappa shape index (κ3) is 3.28. The van der Waals surface area contributed by atoms with Gasteiger partial charge in [-0.15, -0.1) is 0 Å². The van der Waals surface area contributed by atoms with Gasteiger partial charge >= 0.3 is 0 Å². The average molecular weight is 435 g/mol. The normalized spacial score (nSPS) is 11.1. The van der Waals surface area contributed by atoms with Gasteiger partial charge in [0.15, 0.2) is 0 Å². The van der Waals surface area contributed by atoms with Gasteiger partial charge in [0.2, 0.25) is 0 Å². The second-order valence-electron chi connectivity index (χ2n) is 4.78. The molecule has 0 unspecified atom stereocenters. The van der Waals surface area contributed by atoms with E-state index in [9.17, 15) is 8.42 Å². The Morgan fingerprint density at radius 1 is 1.13 bits per heavy atom. The highest BCUT2D eigenvalue weighted by atomic mass is 127. The molecule has 1 N–H and O–H groups in total. The molecule has 3 aromatic rings. The topological polar surface area (TPSA) is 82.8 Å². The monoisotopic (exact) mass is 435 g/mol. The highest BCUT2D eigenvalue weighted by molar-refractivity contribution is 14.1. The van der Waals surface area contributed by atoms with Crippen molar-refractivity contribution in [2.75, 3.05) is 4.72 Å². The van der Waals surface area contributed by atoms with Gasteiger partial charge in [-0.1, -0.05) is 12.1 Å². The van der Waals surface area contributed by atoms with E-state index < -0.39 is 10.0 Å². The van der Waals surface area contributed by atoms with E-state index in [1.165, 1.54) is 30.5 Å². The van der Waals surface area contributed by atoms with Crippen LogP contribution >= 0.6 is 22.6 Å². The fourth-order valence-electron chi connectivity index (χ4n) is 2.10. The molecule has 0 aliphatic carbocycles. The molecule has 3 rings (SSSR count). The molecule has 0 saturated heterocycles. The summed E-state index contributed by atoms with van der Waals surface area (Å²) in [6.07, 6.45) is 1.49. The third-order valence-electron chi connectivity index (χ3n) is 3.21. The van der Waals surface area contributed by atoms with E-state index in [2.05, 4.69) is 32.3 Å². The van der Waals surface area contributed by atoms with Gasteiger partial charge in [-0.25, -0.2) is 8.42 Å². The van der Waals surface area contributed by atoms with Crippen LogP contribution in [0.15, 0.2) is 59.6 Å². The number of nitrogens with zero attached hydrogens (tertiary/aromatic N) is 2. The van der Waals surface area contributed by atoms with Gasteiger partial charge in [-0.3, -0.25) is 9.71 Å². The molecular weight excluding hydrogens is 425 g/mol. The van der Waals surface area contributed by atoms with E-state index in [1.807, 2.05) is 24.3 Å². The van der Waals surface area contributed by atoms with Gasteiger partial charge in [-0.2, -0.15) is 5.26 Å². The Morgan fingerprint density at radius 2 is 1.87 bits per heavy atom. The van der Waals surface area contributed by atoms with Crippen LogP contribution in [0.25, 0.3) is 10.9 Å². The maximum absolute atomic E-state index is 12.4. The van der Waals surface area contributed by atoms with E-state index >= 15 is 0 Å². The van der Waals surface area contributed by atoms with Crippen molar-refractivity contribution in [1.29, 1.82) is 5.26 Å². The van der Waals surface area contributed by atoms with Crippen LogP contribution in [-0.2, 0) is 10.0 Å². The summed E-state index contributed by atoms with van der Waals surface area (Å²) >= 11 is 2.19. The summed E-state index contributed by atoms with van der Waals surface area (Å²) < 4.78 is 28.3. The zero-order chi connectivity index (χ0) is 16.4. The first-order chi connectivity index (χ1) is 11.0. The number of hydrogen-bond acceptors (Lipinski definition) is 4. The van der Waals surface area contributed by atoms with Crippen LogP contribution < -0.4 is 4.72 Å². The largest absolute Gasteiger partial charge is 0.278 e. The molecule has 0 aliphatic heterocycles. The van der Waals surface area contributed by atoms with Gasteiger partial charge in [0, 0.05) is 8.96 Å². The van der Waals surface area contributed by atoms with Crippen molar-refractivity contribution in [2.24, 2.45) is 0 Å². The van der Waals surface area contributed by atoms with E-state index in [0.717, 1.165) is 14.5 Å². The smallest absolute Gasteiger partial charge is 0.261 e. The standard InChI is InChI=1S/C16H10IN3O2S/c17-15-3-1-2-12-8-13(10-19-16(12)15)20-23(21,22)14-6-4-11(9-18)5-7-14/h1-8,10,20H. The Morgan fingerprint density at radius 3 is 2.57 bits per heavy atom. The molecule has 1 heterocycles. The molecular formula is C16H10IN3O2S. The second kappa shape index (κ2) is 6.14. The minimum atomic E-state index is -3.72. The lowest BCUT2D eigenvalue weighted by atomic mass is 10.2. The Bertz CT molecular complexity index is 1030. The number of hydrogen-bond donors (Lipinski definition) is 1. The minimum absolute atomic E-state index is 0.0965. The molecule has 23 heavy (non-hydrogen) atoms. The van der Waals surface area contributed by atoms with Crippen molar-refractivity contribution >= 4 is 49.2 Å². The van der Waals surface area contributed by atoms with Crippen LogP contribution in [0.4, 0.5) is 5.69 Å². The number of nitrogens with one attached hydrogen (secondary N) is 1. The first-order valence-electron chi connectivity index (χ1n) is 6.57. The molecule has 5 nitrogen and oxygen atoms in total. The maximum Gasteiger partial charge on any atom is 0.261 e. The number of aromatic nitrogens is 1. The van der Waals surface area contributed by atoms with Gasteiger partial charge in [0.25, 0.3) is 10.0 Å². The Hall–Kier alpha value is -2.18. The van der Waals surface area contributed by atoms with Gasteiger partial charge in [0.1, 0.15) is 0 Å². The van der Waals surface area contributed by atoms with Crippen molar-refractivity contribution < 1.29 is 8.42 Å². The summed E-state index contributed by atoms with van der Waals surface area (Å²) in [4.78, 5) is 4.40. The SMILES string of the molecule is N#Cc1ccc(S(=O)(=O)Nc2cnc3c(I)cccc3c2)cc1. The van der Waals surface area contributed by atoms with Crippen LogP contribution in [0.2, 0.25) is 0 Å². The molecule has 0 amide bonds. The van der Waals surface area contributed by atoms with Crippen molar-refractivity contribution in [2.45, 2.75) is 4.90 Å². The summed E-state index contributed by atoms with van der Waals surface area (Å²) in [5.74, 6) is 0. The molecule has 0 spiro atoms. The molecule has 0 saturated carbocycles. The van der Waals surface area contributed by atoms with Gasteiger partial charge in [0.05, 0.1) is 33.9 Å². The van der Waals surface area contributed by atoms with Crippen molar-refractivity contribution in [1.82, 2.24) is 4.98 Å².